The van der Waals surface area contributed by atoms with Crippen LogP contribution in [0.25, 0.3) is 6.08 Å². The molecule has 21 heavy (non-hydrogen) atoms. The van der Waals surface area contributed by atoms with Gasteiger partial charge >= 0.3 is 5.97 Å². The molecule has 1 aromatic rings. The normalized spacial score (nSPS) is 21.1. The van der Waals surface area contributed by atoms with E-state index in [0.29, 0.717) is 0 Å². The Morgan fingerprint density at radius 2 is 2.05 bits per heavy atom. The predicted octanol–water partition coefficient (Wildman–Crippen LogP) is 3.30. The van der Waals surface area contributed by atoms with Gasteiger partial charge in [-0.15, -0.1) is 11.3 Å². The summed E-state index contributed by atoms with van der Waals surface area (Å²) >= 11 is 1.48. The molecule has 1 aromatic heterocycles. The van der Waals surface area contributed by atoms with Gasteiger partial charge < -0.3 is 9.74 Å². The van der Waals surface area contributed by atoms with E-state index in [9.17, 15) is 13.6 Å². The molecule has 3 rings (SSSR count). The van der Waals surface area contributed by atoms with Gasteiger partial charge in [0.15, 0.2) is 5.71 Å². The van der Waals surface area contributed by atoms with E-state index in [-0.39, 0.29) is 5.57 Å². The van der Waals surface area contributed by atoms with E-state index in [1.54, 1.807) is 0 Å². The van der Waals surface area contributed by atoms with Crippen LogP contribution in [0, 0.1) is 0 Å². The van der Waals surface area contributed by atoms with Crippen molar-refractivity contribution >= 4 is 34.1 Å². The molecular formula is C14H14F2N2O2S. The molecule has 0 aromatic carbocycles. The first-order valence-corrected chi connectivity index (χ1v) is 7.61. The van der Waals surface area contributed by atoms with Crippen LogP contribution in [-0.2, 0) is 9.63 Å². The summed E-state index contributed by atoms with van der Waals surface area (Å²) in [5.74, 6) is -0.821. The predicted molar refractivity (Wildman–Crippen MR) is 77.9 cm³/mol. The van der Waals surface area contributed by atoms with Gasteiger partial charge in [0.2, 0.25) is 0 Å². The molecule has 0 aliphatic carbocycles. The van der Waals surface area contributed by atoms with Gasteiger partial charge in [0.25, 0.3) is 6.43 Å². The minimum Gasteiger partial charge on any atom is -0.363 e. The molecule has 112 valence electrons. The number of halogens is 2. The van der Waals surface area contributed by atoms with Crippen molar-refractivity contribution in [3.05, 3.63) is 22.6 Å². The molecule has 0 unspecified atom stereocenters. The van der Waals surface area contributed by atoms with Crippen molar-refractivity contribution in [1.82, 2.24) is 0 Å². The summed E-state index contributed by atoms with van der Waals surface area (Å²) in [7, 11) is 0. The quantitative estimate of drug-likeness (QED) is 0.635. The summed E-state index contributed by atoms with van der Waals surface area (Å²) in [4.78, 5) is 18.8. The van der Waals surface area contributed by atoms with Crippen molar-refractivity contribution in [3.8, 4) is 0 Å². The smallest absolute Gasteiger partial charge is 0.363 e. The highest BCUT2D eigenvalue weighted by molar-refractivity contribution is 7.17. The lowest BCUT2D eigenvalue weighted by atomic mass is 10.1. The Hall–Kier alpha value is -1.76. The number of piperidine rings is 1. The lowest BCUT2D eigenvalue weighted by Gasteiger charge is -2.27. The van der Waals surface area contributed by atoms with Crippen molar-refractivity contribution < 1.29 is 18.4 Å². The molecule has 2 aliphatic rings. The molecule has 0 radical (unpaired) electrons. The number of nitrogens with zero attached hydrogens (tertiary/aromatic N) is 2. The Morgan fingerprint density at radius 3 is 2.76 bits per heavy atom. The zero-order valence-electron chi connectivity index (χ0n) is 11.2. The van der Waals surface area contributed by atoms with Crippen LogP contribution >= 0.6 is 11.3 Å². The van der Waals surface area contributed by atoms with Gasteiger partial charge in [-0.05, 0) is 37.5 Å². The van der Waals surface area contributed by atoms with Crippen LogP contribution in [0.5, 0.6) is 0 Å². The van der Waals surface area contributed by atoms with Crippen molar-refractivity contribution in [2.75, 3.05) is 18.0 Å². The van der Waals surface area contributed by atoms with Crippen LogP contribution < -0.4 is 4.90 Å². The Kier molecular flexibility index (Phi) is 4.01. The van der Waals surface area contributed by atoms with Crippen molar-refractivity contribution in [3.63, 3.8) is 0 Å². The van der Waals surface area contributed by atoms with Gasteiger partial charge in [-0.1, -0.05) is 5.16 Å². The maximum absolute atomic E-state index is 12.8. The first-order chi connectivity index (χ1) is 10.1. The summed E-state index contributed by atoms with van der Waals surface area (Å²) < 4.78 is 25.5. The van der Waals surface area contributed by atoms with Crippen LogP contribution in [0.1, 0.15) is 24.1 Å². The second kappa shape index (κ2) is 5.93. The third-order valence-corrected chi connectivity index (χ3v) is 4.59. The average Bonchev–Trinajstić information content (AvgIpc) is 3.08. The third-order valence-electron chi connectivity index (χ3n) is 3.50. The minimum atomic E-state index is -2.82. The SMILES string of the molecule is O=C1ON=C(C(F)F)C1=Cc1ccc(N2CCCCC2)s1. The summed E-state index contributed by atoms with van der Waals surface area (Å²) in [6.07, 6.45) is 2.20. The van der Waals surface area contributed by atoms with Crippen molar-refractivity contribution in [2.24, 2.45) is 5.16 Å². The zero-order chi connectivity index (χ0) is 14.8. The third kappa shape index (κ3) is 2.97. The number of hydrogen-bond donors (Lipinski definition) is 0. The van der Waals surface area contributed by atoms with Crippen molar-refractivity contribution in [1.29, 1.82) is 0 Å². The van der Waals surface area contributed by atoms with Crippen LogP contribution in [0.2, 0.25) is 0 Å². The van der Waals surface area contributed by atoms with Gasteiger partial charge in [0, 0.05) is 18.0 Å². The van der Waals surface area contributed by atoms with Gasteiger partial charge in [-0.3, -0.25) is 0 Å². The van der Waals surface area contributed by atoms with E-state index >= 15 is 0 Å². The number of alkyl halides is 2. The van der Waals surface area contributed by atoms with Gasteiger partial charge in [-0.2, -0.15) is 0 Å². The Balaban J connectivity index is 1.81. The van der Waals surface area contributed by atoms with E-state index in [4.69, 9.17) is 0 Å². The monoisotopic (exact) mass is 312 g/mol. The number of carbonyl (C=O) groups excluding carboxylic acids is 1. The molecule has 0 saturated carbocycles. The fraction of sp³-hybridized carbons (Fsp3) is 0.429. The van der Waals surface area contributed by atoms with Crippen LogP contribution in [0.3, 0.4) is 0 Å². The lowest BCUT2D eigenvalue weighted by molar-refractivity contribution is -0.136. The molecule has 7 heteroatoms. The molecule has 0 spiro atoms. The minimum absolute atomic E-state index is 0.156. The highest BCUT2D eigenvalue weighted by atomic mass is 32.1. The first kappa shape index (κ1) is 14.2. The summed E-state index contributed by atoms with van der Waals surface area (Å²) in [6, 6.07) is 3.79. The van der Waals surface area contributed by atoms with E-state index in [1.165, 1.54) is 36.7 Å². The molecular weight excluding hydrogens is 298 g/mol. The van der Waals surface area contributed by atoms with Gasteiger partial charge in [0.05, 0.1) is 10.6 Å². The maximum atomic E-state index is 12.8. The highest BCUT2D eigenvalue weighted by Crippen LogP contribution is 2.31. The molecule has 1 saturated heterocycles. The van der Waals surface area contributed by atoms with Gasteiger partial charge in [0.1, 0.15) is 0 Å². The molecule has 4 nitrogen and oxygen atoms in total. The molecule has 0 atom stereocenters. The molecule has 2 aliphatic heterocycles. The Labute approximate surface area is 124 Å². The highest BCUT2D eigenvalue weighted by Gasteiger charge is 2.32. The summed E-state index contributed by atoms with van der Waals surface area (Å²) in [5, 5.41) is 4.23. The molecule has 3 heterocycles. The number of anilines is 1. The fourth-order valence-corrected chi connectivity index (χ4v) is 3.43. The van der Waals surface area contributed by atoms with E-state index in [1.807, 2.05) is 12.1 Å². The van der Waals surface area contributed by atoms with E-state index < -0.39 is 18.1 Å². The molecule has 0 N–H and O–H groups in total. The largest absolute Gasteiger partial charge is 0.367 e. The maximum Gasteiger partial charge on any atom is 0.367 e. The molecule has 1 fully saturated rings. The second-order valence-corrected chi connectivity index (χ2v) is 6.03. The summed E-state index contributed by atoms with van der Waals surface area (Å²) in [5.41, 5.74) is -0.745. The second-order valence-electron chi connectivity index (χ2n) is 4.94. The van der Waals surface area contributed by atoms with Crippen LogP contribution in [-0.4, -0.2) is 31.2 Å². The summed E-state index contributed by atoms with van der Waals surface area (Å²) in [6.45, 7) is 2.03. The zero-order valence-corrected chi connectivity index (χ0v) is 12.0. The van der Waals surface area contributed by atoms with E-state index in [0.717, 1.165) is 23.0 Å². The average molecular weight is 312 g/mol. The lowest BCUT2D eigenvalue weighted by Crippen LogP contribution is -2.28. The topological polar surface area (TPSA) is 41.9 Å². The number of hydrogen-bond acceptors (Lipinski definition) is 5. The Bertz CT molecular complexity index is 604. The number of oxime groups is 1. The van der Waals surface area contributed by atoms with Crippen LogP contribution in [0.15, 0.2) is 22.9 Å². The Morgan fingerprint density at radius 1 is 1.29 bits per heavy atom. The number of thiophene rings is 1. The van der Waals surface area contributed by atoms with Crippen LogP contribution in [0.4, 0.5) is 13.8 Å². The molecule has 0 bridgehead atoms. The number of rotatable bonds is 3. The van der Waals surface area contributed by atoms with E-state index in [2.05, 4.69) is 14.9 Å². The fourth-order valence-electron chi connectivity index (χ4n) is 2.43. The van der Waals surface area contributed by atoms with Gasteiger partial charge in [-0.25, -0.2) is 13.6 Å². The van der Waals surface area contributed by atoms with Crippen molar-refractivity contribution in [2.45, 2.75) is 25.7 Å². The molecule has 0 amide bonds. The first-order valence-electron chi connectivity index (χ1n) is 6.79. The standard InChI is InChI=1S/C14H14F2N2O2S/c15-13(16)12-10(14(19)20-17-12)8-9-4-5-11(21-9)18-6-2-1-3-7-18/h4-5,8,13H,1-3,6-7H2. The number of carbonyl (C=O) groups is 1.